The van der Waals surface area contributed by atoms with E-state index in [0.717, 1.165) is 5.82 Å². The zero-order valence-corrected chi connectivity index (χ0v) is 10.2. The van der Waals surface area contributed by atoms with Gasteiger partial charge < -0.3 is 10.6 Å². The zero-order valence-electron chi connectivity index (χ0n) is 10.2. The summed E-state index contributed by atoms with van der Waals surface area (Å²) >= 11 is 0. The third-order valence-corrected chi connectivity index (χ3v) is 3.39. The van der Waals surface area contributed by atoms with Gasteiger partial charge in [0, 0.05) is 25.5 Å². The second-order valence-corrected chi connectivity index (χ2v) is 4.54. The molecule has 1 aromatic rings. The highest BCUT2D eigenvalue weighted by Crippen LogP contribution is 2.25. The van der Waals surface area contributed by atoms with Crippen molar-refractivity contribution in [1.29, 1.82) is 5.41 Å². The van der Waals surface area contributed by atoms with Crippen molar-refractivity contribution in [2.75, 3.05) is 11.9 Å². The van der Waals surface area contributed by atoms with Crippen molar-refractivity contribution in [3.63, 3.8) is 0 Å². The van der Waals surface area contributed by atoms with Gasteiger partial charge in [-0.25, -0.2) is 9.97 Å². The second kappa shape index (κ2) is 5.12. The van der Waals surface area contributed by atoms with Crippen LogP contribution in [0, 0.1) is 5.41 Å². The fourth-order valence-corrected chi connectivity index (χ4v) is 2.42. The number of aromatic nitrogens is 2. The topological polar surface area (TPSA) is 78.9 Å². The van der Waals surface area contributed by atoms with E-state index in [-0.39, 0.29) is 5.84 Å². The minimum Gasteiger partial charge on any atom is -0.382 e. The molecule has 0 aromatic carbocycles. The van der Waals surface area contributed by atoms with Gasteiger partial charge in [0.2, 0.25) is 0 Å². The van der Waals surface area contributed by atoms with Gasteiger partial charge in [0.05, 0.1) is 0 Å². The number of nitrogens with zero attached hydrogens (tertiary/aromatic N) is 3. The van der Waals surface area contributed by atoms with Crippen molar-refractivity contribution < 1.29 is 0 Å². The van der Waals surface area contributed by atoms with E-state index in [2.05, 4.69) is 14.9 Å². The first-order chi connectivity index (χ1) is 8.20. The molecule has 17 heavy (non-hydrogen) atoms. The highest BCUT2D eigenvalue weighted by Gasteiger charge is 2.22. The first-order valence-electron chi connectivity index (χ1n) is 6.08. The Morgan fingerprint density at radius 2 is 1.94 bits per heavy atom. The Morgan fingerprint density at radius 3 is 2.59 bits per heavy atom. The summed E-state index contributed by atoms with van der Waals surface area (Å²) < 4.78 is 0. The van der Waals surface area contributed by atoms with E-state index in [9.17, 15) is 0 Å². The molecular weight excluding hydrogens is 214 g/mol. The molecule has 5 heteroatoms. The highest BCUT2D eigenvalue weighted by atomic mass is 15.2. The molecule has 0 atom stereocenters. The van der Waals surface area contributed by atoms with Crippen LogP contribution in [-0.4, -0.2) is 28.9 Å². The molecular formula is C12H19N5. The van der Waals surface area contributed by atoms with Crippen molar-refractivity contribution in [2.45, 2.75) is 38.1 Å². The molecule has 1 aliphatic rings. The van der Waals surface area contributed by atoms with Gasteiger partial charge in [-0.2, -0.15) is 0 Å². The van der Waals surface area contributed by atoms with Crippen molar-refractivity contribution in [3.8, 4) is 0 Å². The van der Waals surface area contributed by atoms with E-state index in [1.807, 2.05) is 7.05 Å². The van der Waals surface area contributed by atoms with Gasteiger partial charge in [-0.05, 0) is 12.8 Å². The average molecular weight is 233 g/mol. The van der Waals surface area contributed by atoms with Crippen LogP contribution in [0.25, 0.3) is 0 Å². The van der Waals surface area contributed by atoms with E-state index in [0.29, 0.717) is 11.7 Å². The zero-order chi connectivity index (χ0) is 12.3. The first kappa shape index (κ1) is 11.8. The van der Waals surface area contributed by atoms with Gasteiger partial charge in [0.25, 0.3) is 0 Å². The maximum absolute atomic E-state index is 7.53. The lowest BCUT2D eigenvalue weighted by Gasteiger charge is -2.32. The minimum absolute atomic E-state index is 0.0178. The lowest BCUT2D eigenvalue weighted by atomic mass is 9.94. The van der Waals surface area contributed by atoms with Crippen LogP contribution in [0.15, 0.2) is 12.4 Å². The fourth-order valence-electron chi connectivity index (χ4n) is 2.42. The summed E-state index contributed by atoms with van der Waals surface area (Å²) in [6, 6.07) is 0.499. The van der Waals surface area contributed by atoms with E-state index < -0.39 is 0 Å². The largest absolute Gasteiger partial charge is 0.382 e. The predicted molar refractivity (Wildman–Crippen MR) is 68.3 cm³/mol. The number of nitrogens with two attached hydrogens (primary N) is 1. The number of hydrogen-bond donors (Lipinski definition) is 2. The van der Waals surface area contributed by atoms with E-state index in [1.54, 1.807) is 12.4 Å². The van der Waals surface area contributed by atoms with Gasteiger partial charge in [-0.1, -0.05) is 19.3 Å². The molecule has 0 spiro atoms. The predicted octanol–water partition coefficient (Wildman–Crippen LogP) is 1.53. The molecule has 0 radical (unpaired) electrons. The minimum atomic E-state index is -0.0178. The number of nitrogens with one attached hydrogen (secondary N) is 1. The molecule has 3 N–H and O–H groups in total. The maximum atomic E-state index is 7.53. The van der Waals surface area contributed by atoms with Crippen molar-refractivity contribution >= 4 is 11.7 Å². The van der Waals surface area contributed by atoms with Crippen LogP contribution in [0.5, 0.6) is 0 Å². The van der Waals surface area contributed by atoms with Crippen molar-refractivity contribution in [1.82, 2.24) is 9.97 Å². The molecule has 1 aliphatic carbocycles. The Kier molecular flexibility index (Phi) is 3.56. The highest BCUT2D eigenvalue weighted by molar-refractivity contribution is 5.97. The van der Waals surface area contributed by atoms with E-state index in [1.165, 1.54) is 32.1 Å². The summed E-state index contributed by atoms with van der Waals surface area (Å²) in [6.07, 6.45) is 9.46. The number of rotatable bonds is 3. The molecule has 5 nitrogen and oxygen atoms in total. The Balaban J connectivity index is 2.23. The Morgan fingerprint density at radius 1 is 1.29 bits per heavy atom. The molecule has 0 bridgehead atoms. The Labute approximate surface area is 102 Å². The second-order valence-electron chi connectivity index (χ2n) is 4.54. The molecule has 1 saturated carbocycles. The van der Waals surface area contributed by atoms with Crippen LogP contribution < -0.4 is 10.6 Å². The molecule has 1 aromatic heterocycles. The normalized spacial score (nSPS) is 16.8. The van der Waals surface area contributed by atoms with Crippen molar-refractivity contribution in [3.05, 3.63) is 18.1 Å². The van der Waals surface area contributed by atoms with Crippen LogP contribution in [0.2, 0.25) is 0 Å². The third-order valence-electron chi connectivity index (χ3n) is 3.39. The smallest absolute Gasteiger partial charge is 0.158 e. The van der Waals surface area contributed by atoms with Gasteiger partial charge in [0.1, 0.15) is 11.5 Å². The number of anilines is 1. The van der Waals surface area contributed by atoms with Crippen LogP contribution >= 0.6 is 0 Å². The first-order valence-corrected chi connectivity index (χ1v) is 6.08. The van der Waals surface area contributed by atoms with Gasteiger partial charge >= 0.3 is 0 Å². The van der Waals surface area contributed by atoms with Crippen molar-refractivity contribution in [2.24, 2.45) is 5.73 Å². The number of nitrogen functional groups attached to an aromatic ring is 1. The summed E-state index contributed by atoms with van der Waals surface area (Å²) in [6.45, 7) is 0. The van der Waals surface area contributed by atoms with Crippen LogP contribution in [0.3, 0.4) is 0 Å². The number of amidine groups is 1. The maximum Gasteiger partial charge on any atom is 0.158 e. The SMILES string of the molecule is CN(c1nccnc1C(=N)N)C1CCCCC1. The molecule has 1 fully saturated rings. The lowest BCUT2D eigenvalue weighted by molar-refractivity contribution is 0.425. The Hall–Kier alpha value is -1.65. The molecule has 0 amide bonds. The van der Waals surface area contributed by atoms with E-state index >= 15 is 0 Å². The summed E-state index contributed by atoms with van der Waals surface area (Å²) in [5.74, 6) is 0.711. The summed E-state index contributed by atoms with van der Waals surface area (Å²) in [5.41, 5.74) is 6.02. The molecule has 1 heterocycles. The monoisotopic (exact) mass is 233 g/mol. The Bertz CT molecular complexity index is 398. The molecule has 2 rings (SSSR count). The quantitative estimate of drug-likeness (QED) is 0.613. The summed E-state index contributed by atoms with van der Waals surface area (Å²) in [4.78, 5) is 10.6. The lowest BCUT2D eigenvalue weighted by Crippen LogP contribution is -2.35. The fraction of sp³-hybridized carbons (Fsp3) is 0.583. The van der Waals surface area contributed by atoms with Gasteiger partial charge in [-0.3, -0.25) is 5.41 Å². The van der Waals surface area contributed by atoms with Crippen LogP contribution in [0.4, 0.5) is 5.82 Å². The average Bonchev–Trinajstić information content (AvgIpc) is 2.39. The summed E-state index contributed by atoms with van der Waals surface area (Å²) in [5, 5.41) is 7.53. The van der Waals surface area contributed by atoms with Crippen LogP contribution in [0.1, 0.15) is 37.8 Å². The summed E-state index contributed by atoms with van der Waals surface area (Å²) in [7, 11) is 2.02. The molecule has 0 unspecified atom stereocenters. The molecule has 0 saturated heterocycles. The molecule has 92 valence electrons. The third kappa shape index (κ3) is 2.54. The van der Waals surface area contributed by atoms with Gasteiger partial charge in [-0.15, -0.1) is 0 Å². The molecule has 0 aliphatic heterocycles. The van der Waals surface area contributed by atoms with Crippen LogP contribution in [-0.2, 0) is 0 Å². The number of hydrogen-bond acceptors (Lipinski definition) is 4. The standard InChI is InChI=1S/C12H19N5/c1-17(9-5-3-2-4-6-9)12-10(11(13)14)15-7-8-16-12/h7-9H,2-6H2,1H3,(H3,13,14). The van der Waals surface area contributed by atoms with E-state index in [4.69, 9.17) is 11.1 Å². The van der Waals surface area contributed by atoms with Gasteiger partial charge in [0.15, 0.2) is 5.82 Å².